The van der Waals surface area contributed by atoms with Gasteiger partial charge < -0.3 is 5.73 Å². The zero-order valence-corrected chi connectivity index (χ0v) is 12.7. The number of nitrogens with two attached hydrogens (primary N) is 1. The third-order valence-corrected chi connectivity index (χ3v) is 3.86. The van der Waals surface area contributed by atoms with Gasteiger partial charge in [0.2, 0.25) is 0 Å². The fraction of sp³-hybridized carbons (Fsp3) is 0.400. The van der Waals surface area contributed by atoms with Crippen molar-refractivity contribution in [1.29, 1.82) is 0 Å². The van der Waals surface area contributed by atoms with Crippen molar-refractivity contribution in [3.8, 4) is 0 Å². The van der Waals surface area contributed by atoms with Crippen molar-refractivity contribution in [2.45, 2.75) is 26.1 Å². The quantitative estimate of drug-likeness (QED) is 0.890. The van der Waals surface area contributed by atoms with Crippen LogP contribution < -0.4 is 5.73 Å². The molecule has 0 amide bonds. The van der Waals surface area contributed by atoms with Gasteiger partial charge in [0.05, 0.1) is 12.2 Å². The molecule has 5 heteroatoms. The van der Waals surface area contributed by atoms with Crippen molar-refractivity contribution in [1.82, 2.24) is 14.7 Å². The van der Waals surface area contributed by atoms with Gasteiger partial charge in [0.1, 0.15) is 0 Å². The number of benzene rings is 1. The molecule has 0 aliphatic rings. The average Bonchev–Trinajstić information content (AvgIpc) is 2.91. The predicted octanol–water partition coefficient (Wildman–Crippen LogP) is 2.69. The highest BCUT2D eigenvalue weighted by Gasteiger charge is 2.18. The van der Waals surface area contributed by atoms with Gasteiger partial charge in [-0.25, -0.2) is 0 Å². The standard InChI is InChI=1S/C15H21ClN4/c1-3-20-11-13(9-18-20)15(8-17)19(2)10-12-6-4-5-7-14(12)16/h4-7,9,11,15H,3,8,10,17H2,1-2H3. The minimum atomic E-state index is 0.145. The highest BCUT2D eigenvalue weighted by molar-refractivity contribution is 6.31. The van der Waals surface area contributed by atoms with Gasteiger partial charge in [-0.1, -0.05) is 29.8 Å². The van der Waals surface area contributed by atoms with Crippen LogP contribution in [0, 0.1) is 0 Å². The molecule has 0 aliphatic heterocycles. The summed E-state index contributed by atoms with van der Waals surface area (Å²) in [7, 11) is 2.06. The Bertz CT molecular complexity index is 552. The van der Waals surface area contributed by atoms with E-state index in [9.17, 15) is 0 Å². The topological polar surface area (TPSA) is 47.1 Å². The first-order valence-corrected chi connectivity index (χ1v) is 7.19. The molecule has 108 valence electrons. The Kier molecular flexibility index (Phi) is 5.17. The maximum atomic E-state index is 6.21. The van der Waals surface area contributed by atoms with Crippen LogP contribution in [0.5, 0.6) is 0 Å². The number of aromatic nitrogens is 2. The summed E-state index contributed by atoms with van der Waals surface area (Å²) in [6.45, 7) is 4.25. The van der Waals surface area contributed by atoms with Crippen LogP contribution in [-0.2, 0) is 13.1 Å². The fourth-order valence-electron chi connectivity index (χ4n) is 2.30. The van der Waals surface area contributed by atoms with E-state index in [1.165, 1.54) is 0 Å². The molecule has 0 saturated heterocycles. The zero-order chi connectivity index (χ0) is 14.5. The van der Waals surface area contributed by atoms with Crippen molar-refractivity contribution in [3.05, 3.63) is 52.8 Å². The third kappa shape index (κ3) is 3.39. The molecule has 0 spiro atoms. The first-order valence-electron chi connectivity index (χ1n) is 6.81. The van der Waals surface area contributed by atoms with Crippen LogP contribution in [0.4, 0.5) is 0 Å². The number of likely N-dealkylation sites (N-methyl/N-ethyl adjacent to an activating group) is 1. The zero-order valence-electron chi connectivity index (χ0n) is 12.0. The molecular weight excluding hydrogens is 272 g/mol. The Morgan fingerprint density at radius 2 is 2.15 bits per heavy atom. The summed E-state index contributed by atoms with van der Waals surface area (Å²) in [5.74, 6) is 0. The van der Waals surface area contributed by atoms with Gasteiger partial charge in [-0.05, 0) is 25.6 Å². The van der Waals surface area contributed by atoms with E-state index < -0.39 is 0 Å². The van der Waals surface area contributed by atoms with Crippen LogP contribution >= 0.6 is 11.6 Å². The molecule has 0 radical (unpaired) electrons. The number of aryl methyl sites for hydroxylation is 1. The van der Waals surface area contributed by atoms with Crippen LogP contribution in [0.25, 0.3) is 0 Å². The number of nitrogens with zero attached hydrogens (tertiary/aromatic N) is 3. The molecule has 2 aromatic rings. The Morgan fingerprint density at radius 3 is 2.75 bits per heavy atom. The van der Waals surface area contributed by atoms with Crippen molar-refractivity contribution in [3.63, 3.8) is 0 Å². The van der Waals surface area contributed by atoms with Crippen molar-refractivity contribution in [2.75, 3.05) is 13.6 Å². The van der Waals surface area contributed by atoms with Crippen LogP contribution in [0.2, 0.25) is 5.02 Å². The lowest BCUT2D eigenvalue weighted by atomic mass is 10.1. The fourth-order valence-corrected chi connectivity index (χ4v) is 2.50. The van der Waals surface area contributed by atoms with Gasteiger partial charge in [0.15, 0.2) is 0 Å². The Balaban J connectivity index is 2.13. The summed E-state index contributed by atoms with van der Waals surface area (Å²) >= 11 is 6.21. The van der Waals surface area contributed by atoms with E-state index in [-0.39, 0.29) is 6.04 Å². The molecule has 0 aliphatic carbocycles. The summed E-state index contributed by atoms with van der Waals surface area (Å²) in [4.78, 5) is 2.21. The van der Waals surface area contributed by atoms with Gasteiger partial charge in [0, 0.05) is 36.4 Å². The monoisotopic (exact) mass is 292 g/mol. The molecule has 2 rings (SSSR count). The molecule has 0 fully saturated rings. The second kappa shape index (κ2) is 6.88. The highest BCUT2D eigenvalue weighted by atomic mass is 35.5. The van der Waals surface area contributed by atoms with Gasteiger partial charge >= 0.3 is 0 Å². The molecule has 2 N–H and O–H groups in total. The lowest BCUT2D eigenvalue weighted by molar-refractivity contribution is 0.241. The Morgan fingerprint density at radius 1 is 1.40 bits per heavy atom. The van der Waals surface area contributed by atoms with E-state index in [1.54, 1.807) is 0 Å². The number of halogens is 1. The van der Waals surface area contributed by atoms with E-state index in [2.05, 4.69) is 30.2 Å². The largest absolute Gasteiger partial charge is 0.329 e. The summed E-state index contributed by atoms with van der Waals surface area (Å²) in [6.07, 6.45) is 3.95. The maximum Gasteiger partial charge on any atom is 0.0538 e. The average molecular weight is 293 g/mol. The molecular formula is C15H21ClN4. The summed E-state index contributed by atoms with van der Waals surface area (Å²) < 4.78 is 1.92. The van der Waals surface area contributed by atoms with Crippen LogP contribution in [0.15, 0.2) is 36.7 Å². The molecule has 0 bridgehead atoms. The second-order valence-corrected chi connectivity index (χ2v) is 5.29. The lowest BCUT2D eigenvalue weighted by Crippen LogP contribution is -2.30. The molecule has 4 nitrogen and oxygen atoms in total. The Labute approximate surface area is 125 Å². The molecule has 1 heterocycles. The molecule has 1 atom stereocenters. The smallest absolute Gasteiger partial charge is 0.0538 e. The molecule has 20 heavy (non-hydrogen) atoms. The summed E-state index contributed by atoms with van der Waals surface area (Å²) in [5, 5.41) is 5.11. The third-order valence-electron chi connectivity index (χ3n) is 3.49. The van der Waals surface area contributed by atoms with E-state index >= 15 is 0 Å². The predicted molar refractivity (Wildman–Crippen MR) is 82.6 cm³/mol. The SMILES string of the molecule is CCn1cc(C(CN)N(C)Cc2ccccc2Cl)cn1. The van der Waals surface area contributed by atoms with Gasteiger partial charge in [-0.15, -0.1) is 0 Å². The molecule has 1 unspecified atom stereocenters. The van der Waals surface area contributed by atoms with Crippen molar-refractivity contribution >= 4 is 11.6 Å². The van der Waals surface area contributed by atoms with Crippen LogP contribution in [0.1, 0.15) is 24.1 Å². The highest BCUT2D eigenvalue weighted by Crippen LogP contribution is 2.23. The first-order chi connectivity index (χ1) is 9.65. The normalized spacial score (nSPS) is 12.8. The summed E-state index contributed by atoms with van der Waals surface area (Å²) in [6, 6.07) is 8.05. The van der Waals surface area contributed by atoms with Crippen molar-refractivity contribution in [2.24, 2.45) is 5.73 Å². The van der Waals surface area contributed by atoms with E-state index in [0.717, 1.165) is 29.2 Å². The van der Waals surface area contributed by atoms with Gasteiger partial charge in [-0.3, -0.25) is 9.58 Å². The van der Waals surface area contributed by atoms with E-state index in [0.29, 0.717) is 6.54 Å². The molecule has 1 aromatic carbocycles. The van der Waals surface area contributed by atoms with Gasteiger partial charge in [-0.2, -0.15) is 5.10 Å². The summed E-state index contributed by atoms with van der Waals surface area (Å²) in [5.41, 5.74) is 8.19. The van der Waals surface area contributed by atoms with E-state index in [1.807, 2.05) is 35.1 Å². The maximum absolute atomic E-state index is 6.21. The first kappa shape index (κ1) is 15.0. The minimum Gasteiger partial charge on any atom is -0.329 e. The van der Waals surface area contributed by atoms with E-state index in [4.69, 9.17) is 17.3 Å². The lowest BCUT2D eigenvalue weighted by Gasteiger charge is -2.26. The molecule has 1 aromatic heterocycles. The second-order valence-electron chi connectivity index (χ2n) is 4.89. The minimum absolute atomic E-state index is 0.145. The Hall–Kier alpha value is -1.36. The number of hydrogen-bond donors (Lipinski definition) is 1. The van der Waals surface area contributed by atoms with Crippen LogP contribution in [0.3, 0.4) is 0 Å². The van der Waals surface area contributed by atoms with Gasteiger partial charge in [0.25, 0.3) is 0 Å². The molecule has 0 saturated carbocycles. The van der Waals surface area contributed by atoms with Crippen LogP contribution in [-0.4, -0.2) is 28.3 Å². The van der Waals surface area contributed by atoms with Crippen molar-refractivity contribution < 1.29 is 0 Å². The number of hydrogen-bond acceptors (Lipinski definition) is 3. The number of rotatable bonds is 6.